The van der Waals surface area contributed by atoms with Gasteiger partial charge in [0, 0.05) is 32.1 Å². The molecule has 2 fully saturated rings. The van der Waals surface area contributed by atoms with E-state index in [9.17, 15) is 14.0 Å². The predicted octanol–water partition coefficient (Wildman–Crippen LogP) is 3.54. The van der Waals surface area contributed by atoms with Crippen LogP contribution in [0.3, 0.4) is 0 Å². The quantitative estimate of drug-likeness (QED) is 0.827. The van der Waals surface area contributed by atoms with Crippen LogP contribution in [0.1, 0.15) is 34.5 Å². The van der Waals surface area contributed by atoms with Gasteiger partial charge >= 0.3 is 0 Å². The lowest BCUT2D eigenvalue weighted by Crippen LogP contribution is -2.56. The fourth-order valence-corrected chi connectivity index (χ4v) is 4.77. The zero-order chi connectivity index (χ0) is 18.1. The number of thiophene rings is 1. The van der Waals surface area contributed by atoms with E-state index in [0.29, 0.717) is 32.0 Å². The van der Waals surface area contributed by atoms with Crippen molar-refractivity contribution in [1.82, 2.24) is 9.80 Å². The molecule has 1 aromatic carbocycles. The lowest BCUT2D eigenvalue weighted by atomic mass is 9.83. The zero-order valence-electron chi connectivity index (χ0n) is 14.4. The minimum atomic E-state index is -0.267. The molecule has 2 aromatic rings. The second-order valence-corrected chi connectivity index (χ2v) is 7.98. The first-order chi connectivity index (χ1) is 12.6. The molecule has 0 bridgehead atoms. The van der Waals surface area contributed by atoms with Crippen molar-refractivity contribution in [3.05, 3.63) is 58.0 Å². The van der Waals surface area contributed by atoms with Crippen LogP contribution in [0.15, 0.2) is 41.8 Å². The van der Waals surface area contributed by atoms with E-state index in [1.165, 1.54) is 23.5 Å². The Labute approximate surface area is 156 Å². The molecule has 2 amide bonds. The van der Waals surface area contributed by atoms with E-state index in [0.717, 1.165) is 23.3 Å². The standard InChI is InChI=1S/C20H21FN2O2S/c21-16-6-3-14(4-7-16)12-23-17-9-10-22(13-15(17)5-8-19(23)24)20(25)18-2-1-11-26-18/h1-4,6-7,11,15,17H,5,8-10,12-13H2/t15-,17+/m1/s1. The number of carbonyl (C=O) groups is 2. The Balaban J connectivity index is 1.46. The third-order valence-corrected chi connectivity index (χ3v) is 6.29. The molecular formula is C20H21FN2O2S. The minimum absolute atomic E-state index is 0.0976. The van der Waals surface area contributed by atoms with Gasteiger partial charge in [0.2, 0.25) is 5.91 Å². The first-order valence-corrected chi connectivity index (χ1v) is 9.86. The van der Waals surface area contributed by atoms with Crippen molar-refractivity contribution in [1.29, 1.82) is 0 Å². The van der Waals surface area contributed by atoms with Gasteiger partial charge in [0.05, 0.1) is 4.88 Å². The van der Waals surface area contributed by atoms with Crippen LogP contribution in [0.25, 0.3) is 0 Å². The number of likely N-dealkylation sites (tertiary alicyclic amines) is 2. The molecule has 0 unspecified atom stereocenters. The van der Waals surface area contributed by atoms with Gasteiger partial charge in [-0.3, -0.25) is 9.59 Å². The molecule has 4 nitrogen and oxygen atoms in total. The van der Waals surface area contributed by atoms with Gasteiger partial charge in [0.1, 0.15) is 5.82 Å². The predicted molar refractivity (Wildman–Crippen MR) is 98.3 cm³/mol. The Kier molecular flexibility index (Phi) is 4.76. The topological polar surface area (TPSA) is 40.6 Å². The normalized spacial score (nSPS) is 23.0. The van der Waals surface area contributed by atoms with Crippen LogP contribution in [0, 0.1) is 11.7 Å². The van der Waals surface area contributed by atoms with Crippen LogP contribution in [0.4, 0.5) is 4.39 Å². The number of piperidine rings is 2. The molecule has 4 rings (SSSR count). The summed E-state index contributed by atoms with van der Waals surface area (Å²) in [5, 5.41) is 1.92. The number of halogens is 1. The largest absolute Gasteiger partial charge is 0.338 e. The molecule has 2 aliphatic rings. The van der Waals surface area contributed by atoms with Crippen molar-refractivity contribution >= 4 is 23.2 Å². The first kappa shape index (κ1) is 17.2. The van der Waals surface area contributed by atoms with Gasteiger partial charge in [-0.15, -0.1) is 11.3 Å². The lowest BCUT2D eigenvalue weighted by Gasteiger charge is -2.47. The summed E-state index contributed by atoms with van der Waals surface area (Å²) in [5.74, 6) is 0.303. The second-order valence-electron chi connectivity index (χ2n) is 7.03. The fourth-order valence-electron chi connectivity index (χ4n) is 4.08. The van der Waals surface area contributed by atoms with E-state index in [2.05, 4.69) is 0 Å². The SMILES string of the molecule is O=C(c1cccs1)N1CC[C@H]2[C@H](CCC(=O)N2Cc2ccc(F)cc2)C1. The molecule has 6 heteroatoms. The maximum Gasteiger partial charge on any atom is 0.263 e. The third kappa shape index (κ3) is 3.38. The highest BCUT2D eigenvalue weighted by molar-refractivity contribution is 7.12. The lowest BCUT2D eigenvalue weighted by molar-refractivity contribution is -0.141. The zero-order valence-corrected chi connectivity index (χ0v) is 15.3. The van der Waals surface area contributed by atoms with Crippen LogP contribution < -0.4 is 0 Å². The van der Waals surface area contributed by atoms with Crippen LogP contribution in [0.2, 0.25) is 0 Å². The number of carbonyl (C=O) groups excluding carboxylic acids is 2. The van der Waals surface area contributed by atoms with Gasteiger partial charge in [-0.2, -0.15) is 0 Å². The van der Waals surface area contributed by atoms with Crippen molar-refractivity contribution < 1.29 is 14.0 Å². The van der Waals surface area contributed by atoms with Crippen molar-refractivity contribution in [2.24, 2.45) is 5.92 Å². The molecule has 26 heavy (non-hydrogen) atoms. The molecule has 0 radical (unpaired) electrons. The molecule has 0 N–H and O–H groups in total. The molecule has 3 heterocycles. The summed E-state index contributed by atoms with van der Waals surface area (Å²) < 4.78 is 13.1. The Hall–Kier alpha value is -2.21. The summed E-state index contributed by atoms with van der Waals surface area (Å²) in [6, 6.07) is 10.3. The van der Waals surface area contributed by atoms with Crippen LogP contribution >= 0.6 is 11.3 Å². The summed E-state index contributed by atoms with van der Waals surface area (Å²) >= 11 is 1.47. The Morgan fingerprint density at radius 3 is 2.73 bits per heavy atom. The van der Waals surface area contributed by atoms with Crippen molar-refractivity contribution in [3.63, 3.8) is 0 Å². The molecule has 1 aromatic heterocycles. The highest BCUT2D eigenvalue weighted by Crippen LogP contribution is 2.33. The van der Waals surface area contributed by atoms with E-state index < -0.39 is 0 Å². The third-order valence-electron chi connectivity index (χ3n) is 5.43. The van der Waals surface area contributed by atoms with Crippen LogP contribution in [0.5, 0.6) is 0 Å². The van der Waals surface area contributed by atoms with Gasteiger partial charge in [0.25, 0.3) is 5.91 Å². The molecular weight excluding hydrogens is 351 g/mol. The summed E-state index contributed by atoms with van der Waals surface area (Å²) in [6.07, 6.45) is 2.15. The van der Waals surface area contributed by atoms with Gasteiger partial charge in [-0.05, 0) is 47.9 Å². The minimum Gasteiger partial charge on any atom is -0.338 e. The second kappa shape index (κ2) is 7.19. The molecule has 0 aliphatic carbocycles. The average molecular weight is 372 g/mol. The monoisotopic (exact) mass is 372 g/mol. The number of hydrogen-bond acceptors (Lipinski definition) is 3. The summed E-state index contributed by atoms with van der Waals surface area (Å²) in [5.41, 5.74) is 0.942. The molecule has 0 saturated carbocycles. The van der Waals surface area contributed by atoms with E-state index in [1.807, 2.05) is 27.3 Å². The van der Waals surface area contributed by atoms with Crippen molar-refractivity contribution in [3.8, 4) is 0 Å². The van der Waals surface area contributed by atoms with Gasteiger partial charge < -0.3 is 9.80 Å². The van der Waals surface area contributed by atoms with E-state index >= 15 is 0 Å². The van der Waals surface area contributed by atoms with E-state index in [4.69, 9.17) is 0 Å². The van der Waals surface area contributed by atoms with Gasteiger partial charge in [-0.25, -0.2) is 4.39 Å². The van der Waals surface area contributed by atoms with Gasteiger partial charge in [-0.1, -0.05) is 18.2 Å². The van der Waals surface area contributed by atoms with E-state index in [1.54, 1.807) is 12.1 Å². The van der Waals surface area contributed by atoms with Crippen LogP contribution in [-0.4, -0.2) is 40.7 Å². The highest BCUT2D eigenvalue weighted by atomic mass is 32.1. The van der Waals surface area contributed by atoms with E-state index in [-0.39, 0.29) is 23.7 Å². The summed E-state index contributed by atoms with van der Waals surface area (Å²) in [6.45, 7) is 1.89. The Bertz CT molecular complexity index is 791. The van der Waals surface area contributed by atoms with Gasteiger partial charge in [0.15, 0.2) is 0 Å². The Morgan fingerprint density at radius 2 is 2.00 bits per heavy atom. The summed E-state index contributed by atoms with van der Waals surface area (Å²) in [7, 11) is 0. The summed E-state index contributed by atoms with van der Waals surface area (Å²) in [4.78, 5) is 29.8. The van der Waals surface area contributed by atoms with Crippen molar-refractivity contribution in [2.45, 2.75) is 31.8 Å². The fraction of sp³-hybridized carbons (Fsp3) is 0.400. The number of amides is 2. The number of rotatable bonds is 3. The number of hydrogen-bond donors (Lipinski definition) is 0. The number of benzene rings is 1. The molecule has 2 atom stereocenters. The molecule has 136 valence electrons. The average Bonchev–Trinajstić information content (AvgIpc) is 3.19. The molecule has 2 aliphatic heterocycles. The maximum absolute atomic E-state index is 13.1. The Morgan fingerprint density at radius 1 is 1.19 bits per heavy atom. The molecule has 2 saturated heterocycles. The number of nitrogens with zero attached hydrogens (tertiary/aromatic N) is 2. The smallest absolute Gasteiger partial charge is 0.263 e. The highest BCUT2D eigenvalue weighted by Gasteiger charge is 2.40. The van der Waals surface area contributed by atoms with Crippen molar-refractivity contribution in [2.75, 3.05) is 13.1 Å². The first-order valence-electron chi connectivity index (χ1n) is 8.98. The number of fused-ring (bicyclic) bond motifs is 1. The van der Waals surface area contributed by atoms with Crippen LogP contribution in [-0.2, 0) is 11.3 Å². The maximum atomic E-state index is 13.1. The molecule has 0 spiro atoms.